The van der Waals surface area contributed by atoms with E-state index in [0.29, 0.717) is 18.5 Å². The monoisotopic (exact) mass is 299 g/mol. The van der Waals surface area contributed by atoms with Gasteiger partial charge in [0.1, 0.15) is 0 Å². The van der Waals surface area contributed by atoms with Gasteiger partial charge in [0.15, 0.2) is 0 Å². The van der Waals surface area contributed by atoms with Gasteiger partial charge in [0.25, 0.3) is 0 Å². The van der Waals surface area contributed by atoms with Gasteiger partial charge >= 0.3 is 5.97 Å². The molecule has 5 nitrogen and oxygen atoms in total. The van der Waals surface area contributed by atoms with Crippen molar-refractivity contribution in [3.63, 3.8) is 0 Å². The number of rotatable bonds is 6. The summed E-state index contributed by atoms with van der Waals surface area (Å²) in [6.07, 6.45) is 0.532. The maximum atomic E-state index is 12.7. The van der Waals surface area contributed by atoms with Crippen LogP contribution >= 0.6 is 0 Å². The van der Waals surface area contributed by atoms with E-state index in [1.807, 2.05) is 6.92 Å². The molecule has 112 valence electrons. The van der Waals surface area contributed by atoms with Crippen LogP contribution in [0.25, 0.3) is 0 Å². The molecule has 20 heavy (non-hydrogen) atoms. The number of sulfonamides is 1. The molecule has 0 bridgehead atoms. The number of hydrogen-bond donors (Lipinski definition) is 1. The van der Waals surface area contributed by atoms with E-state index in [0.717, 1.165) is 0 Å². The summed E-state index contributed by atoms with van der Waals surface area (Å²) in [6, 6.07) is 4.08. The van der Waals surface area contributed by atoms with Crippen molar-refractivity contribution in [2.45, 2.75) is 45.1 Å². The molecule has 1 aromatic rings. The second kappa shape index (κ2) is 6.37. The van der Waals surface area contributed by atoms with Crippen LogP contribution in [0.5, 0.6) is 0 Å². The Morgan fingerprint density at radius 3 is 2.30 bits per heavy atom. The predicted octanol–water partition coefficient (Wildman–Crippen LogP) is 2.37. The molecule has 0 saturated heterocycles. The first-order valence-electron chi connectivity index (χ1n) is 6.63. The molecule has 0 aliphatic carbocycles. The van der Waals surface area contributed by atoms with Crippen LogP contribution in [0.3, 0.4) is 0 Å². The SMILES string of the molecule is CCc1ccc(C(=O)O)cc1S(=O)(=O)N(CC)C(C)C. The van der Waals surface area contributed by atoms with Crippen molar-refractivity contribution in [1.82, 2.24) is 4.31 Å². The van der Waals surface area contributed by atoms with Crippen LogP contribution in [0.1, 0.15) is 43.6 Å². The summed E-state index contributed by atoms with van der Waals surface area (Å²) in [4.78, 5) is 11.1. The van der Waals surface area contributed by atoms with Gasteiger partial charge in [-0.3, -0.25) is 0 Å². The fraction of sp³-hybridized carbons (Fsp3) is 0.500. The van der Waals surface area contributed by atoms with Crippen LogP contribution in [0, 0.1) is 0 Å². The van der Waals surface area contributed by atoms with Crippen molar-refractivity contribution in [2.75, 3.05) is 6.54 Å². The summed E-state index contributed by atoms with van der Waals surface area (Å²) in [7, 11) is -3.68. The lowest BCUT2D eigenvalue weighted by molar-refractivity contribution is 0.0696. The molecular weight excluding hydrogens is 278 g/mol. The summed E-state index contributed by atoms with van der Waals surface area (Å²) >= 11 is 0. The van der Waals surface area contributed by atoms with Gasteiger partial charge < -0.3 is 5.11 Å². The molecule has 0 aliphatic rings. The highest BCUT2D eigenvalue weighted by atomic mass is 32.2. The normalized spacial score (nSPS) is 12.1. The zero-order valence-corrected chi connectivity index (χ0v) is 13.1. The summed E-state index contributed by atoms with van der Waals surface area (Å²) in [5.74, 6) is -1.13. The second-order valence-electron chi connectivity index (χ2n) is 4.78. The molecule has 1 rings (SSSR count). The Morgan fingerprint density at radius 1 is 1.30 bits per heavy atom. The van der Waals surface area contributed by atoms with Crippen LogP contribution in [0.15, 0.2) is 23.1 Å². The summed E-state index contributed by atoms with van der Waals surface area (Å²) in [5.41, 5.74) is 0.620. The standard InChI is InChI=1S/C14H21NO4S/c1-5-11-7-8-12(14(16)17)9-13(11)20(18,19)15(6-2)10(3)4/h7-10H,5-6H2,1-4H3,(H,16,17). The van der Waals surface area contributed by atoms with Gasteiger partial charge in [0, 0.05) is 12.6 Å². The molecule has 0 spiro atoms. The van der Waals surface area contributed by atoms with E-state index in [-0.39, 0.29) is 16.5 Å². The van der Waals surface area contributed by atoms with E-state index >= 15 is 0 Å². The van der Waals surface area contributed by atoms with E-state index < -0.39 is 16.0 Å². The van der Waals surface area contributed by atoms with Gasteiger partial charge in [0.05, 0.1) is 10.5 Å². The molecule has 0 aliphatic heterocycles. The van der Waals surface area contributed by atoms with Crippen molar-refractivity contribution in [2.24, 2.45) is 0 Å². The highest BCUT2D eigenvalue weighted by molar-refractivity contribution is 7.89. The Kier molecular flexibility index (Phi) is 5.30. The first-order valence-corrected chi connectivity index (χ1v) is 8.07. The van der Waals surface area contributed by atoms with Gasteiger partial charge in [-0.05, 0) is 38.0 Å². The van der Waals surface area contributed by atoms with E-state index in [1.165, 1.54) is 16.4 Å². The molecule has 0 radical (unpaired) electrons. The zero-order valence-electron chi connectivity index (χ0n) is 12.3. The third-order valence-corrected chi connectivity index (χ3v) is 5.40. The maximum absolute atomic E-state index is 12.7. The van der Waals surface area contributed by atoms with Crippen molar-refractivity contribution in [3.8, 4) is 0 Å². The number of carboxylic acid groups (broad SMARTS) is 1. The Labute approximate surface area is 120 Å². The van der Waals surface area contributed by atoms with Gasteiger partial charge in [-0.1, -0.05) is 19.9 Å². The van der Waals surface area contributed by atoms with Crippen molar-refractivity contribution >= 4 is 16.0 Å². The molecular formula is C14H21NO4S. The summed E-state index contributed by atoms with van der Waals surface area (Å²) in [5, 5.41) is 9.04. The molecule has 1 aromatic carbocycles. The van der Waals surface area contributed by atoms with Crippen LogP contribution in [0.2, 0.25) is 0 Å². The van der Waals surface area contributed by atoms with E-state index in [1.54, 1.807) is 26.8 Å². The third kappa shape index (κ3) is 3.19. The van der Waals surface area contributed by atoms with E-state index in [2.05, 4.69) is 0 Å². The van der Waals surface area contributed by atoms with Gasteiger partial charge in [-0.25, -0.2) is 13.2 Å². The molecule has 0 unspecified atom stereocenters. The van der Waals surface area contributed by atoms with Gasteiger partial charge in [-0.2, -0.15) is 4.31 Å². The van der Waals surface area contributed by atoms with E-state index in [9.17, 15) is 13.2 Å². The Hall–Kier alpha value is -1.40. The maximum Gasteiger partial charge on any atom is 0.335 e. The largest absolute Gasteiger partial charge is 0.478 e. The number of aromatic carboxylic acids is 1. The molecule has 0 saturated carbocycles. The Morgan fingerprint density at radius 2 is 1.90 bits per heavy atom. The predicted molar refractivity (Wildman–Crippen MR) is 77.5 cm³/mol. The molecule has 6 heteroatoms. The van der Waals surface area contributed by atoms with Crippen LogP contribution in [-0.2, 0) is 16.4 Å². The number of hydrogen-bond acceptors (Lipinski definition) is 3. The smallest absolute Gasteiger partial charge is 0.335 e. The highest BCUT2D eigenvalue weighted by Crippen LogP contribution is 2.24. The van der Waals surface area contributed by atoms with Gasteiger partial charge in [0.2, 0.25) is 10.0 Å². The number of benzene rings is 1. The Bertz CT molecular complexity index is 593. The fourth-order valence-electron chi connectivity index (χ4n) is 2.16. The highest BCUT2D eigenvalue weighted by Gasteiger charge is 2.28. The Balaban J connectivity index is 3.49. The average Bonchev–Trinajstić information content (AvgIpc) is 2.37. The minimum Gasteiger partial charge on any atom is -0.478 e. The van der Waals surface area contributed by atoms with Crippen LogP contribution in [-0.4, -0.2) is 36.4 Å². The van der Waals surface area contributed by atoms with Gasteiger partial charge in [-0.15, -0.1) is 0 Å². The topological polar surface area (TPSA) is 74.7 Å². The lowest BCUT2D eigenvalue weighted by atomic mass is 10.1. The lowest BCUT2D eigenvalue weighted by Gasteiger charge is -2.25. The third-order valence-electron chi connectivity index (χ3n) is 3.17. The first kappa shape index (κ1) is 16.7. The molecule has 0 heterocycles. The number of nitrogens with zero attached hydrogens (tertiary/aromatic N) is 1. The molecule has 0 amide bonds. The number of aryl methyl sites for hydroxylation is 1. The van der Waals surface area contributed by atoms with Crippen LogP contribution < -0.4 is 0 Å². The van der Waals surface area contributed by atoms with Crippen molar-refractivity contribution < 1.29 is 18.3 Å². The average molecular weight is 299 g/mol. The summed E-state index contributed by atoms with van der Waals surface area (Å²) < 4.78 is 26.8. The molecule has 0 fully saturated rings. The van der Waals surface area contributed by atoms with Crippen molar-refractivity contribution in [1.29, 1.82) is 0 Å². The lowest BCUT2D eigenvalue weighted by Crippen LogP contribution is -2.37. The molecule has 0 atom stereocenters. The van der Waals surface area contributed by atoms with Crippen molar-refractivity contribution in [3.05, 3.63) is 29.3 Å². The molecule has 1 N–H and O–H groups in total. The number of carbonyl (C=O) groups is 1. The minimum absolute atomic E-state index is 0.0133. The fourth-order valence-corrected chi connectivity index (χ4v) is 4.13. The quantitative estimate of drug-likeness (QED) is 0.875. The molecule has 0 aromatic heterocycles. The summed E-state index contributed by atoms with van der Waals surface area (Å²) in [6.45, 7) is 7.56. The first-order chi connectivity index (χ1) is 9.25. The van der Waals surface area contributed by atoms with Crippen LogP contribution in [0.4, 0.5) is 0 Å². The van der Waals surface area contributed by atoms with E-state index in [4.69, 9.17) is 5.11 Å². The zero-order chi connectivity index (χ0) is 15.5. The number of carboxylic acids is 1. The second-order valence-corrected chi connectivity index (χ2v) is 6.64. The minimum atomic E-state index is -3.68.